The van der Waals surface area contributed by atoms with Gasteiger partial charge in [0.25, 0.3) is 0 Å². The molecule has 6 rings (SSSR count). The summed E-state index contributed by atoms with van der Waals surface area (Å²) in [5, 5.41) is 8.58. The third-order valence-electron chi connectivity index (χ3n) is 7.09. The number of hydrogen-bond donors (Lipinski definition) is 2. The highest BCUT2D eigenvalue weighted by molar-refractivity contribution is 5.99. The fourth-order valence-corrected chi connectivity index (χ4v) is 4.82. The molecule has 3 N–H and O–H groups in total. The molecule has 1 aliphatic rings. The van der Waals surface area contributed by atoms with Crippen molar-refractivity contribution in [2.45, 2.75) is 25.9 Å². The van der Waals surface area contributed by atoms with E-state index in [1.54, 1.807) is 35.4 Å². The number of nitrogens with zero attached hydrogens (tertiary/aromatic N) is 5. The second-order valence-electron chi connectivity index (χ2n) is 10.0. The predicted octanol–water partition coefficient (Wildman–Crippen LogP) is 4.42. The van der Waals surface area contributed by atoms with E-state index < -0.39 is 5.97 Å². The Balaban J connectivity index is 1.19. The van der Waals surface area contributed by atoms with Gasteiger partial charge in [0.2, 0.25) is 5.91 Å². The molecule has 200 valence electrons. The highest BCUT2D eigenvalue weighted by Crippen LogP contribution is 2.47. The predicted molar refractivity (Wildman–Crippen MR) is 150 cm³/mol. The number of ether oxygens (including phenoxy) is 1. The van der Waals surface area contributed by atoms with E-state index in [9.17, 15) is 9.59 Å². The van der Waals surface area contributed by atoms with E-state index in [-0.39, 0.29) is 30.0 Å². The van der Waals surface area contributed by atoms with Crippen LogP contribution in [0.25, 0.3) is 22.0 Å². The second-order valence-corrected chi connectivity index (χ2v) is 10.0. The topological polar surface area (TPSA) is 138 Å². The normalized spacial score (nSPS) is 16.1. The zero-order chi connectivity index (χ0) is 27.8. The highest BCUT2D eigenvalue weighted by atomic mass is 16.5. The van der Waals surface area contributed by atoms with Crippen molar-refractivity contribution in [1.82, 2.24) is 24.7 Å². The van der Waals surface area contributed by atoms with Gasteiger partial charge >= 0.3 is 5.97 Å². The third kappa shape index (κ3) is 5.11. The van der Waals surface area contributed by atoms with Gasteiger partial charge in [-0.2, -0.15) is 5.10 Å². The van der Waals surface area contributed by atoms with Crippen molar-refractivity contribution in [3.8, 4) is 11.3 Å². The Bertz CT molecular complexity index is 1750. The summed E-state index contributed by atoms with van der Waals surface area (Å²) < 4.78 is 7.15. The zero-order valence-electron chi connectivity index (χ0n) is 22.0. The summed E-state index contributed by atoms with van der Waals surface area (Å²) in [4.78, 5) is 38.7. The Hall–Kier alpha value is -5.12. The molecule has 0 radical (unpaired) electrons. The molecule has 5 aromatic rings. The van der Waals surface area contributed by atoms with Crippen molar-refractivity contribution in [1.29, 1.82) is 0 Å². The van der Waals surface area contributed by atoms with Crippen LogP contribution >= 0.6 is 0 Å². The average molecular weight is 534 g/mol. The molecule has 40 heavy (non-hydrogen) atoms. The van der Waals surface area contributed by atoms with Crippen LogP contribution in [-0.2, 0) is 23.2 Å². The van der Waals surface area contributed by atoms with Crippen molar-refractivity contribution >= 4 is 34.3 Å². The quantitative estimate of drug-likeness (QED) is 0.293. The lowest BCUT2D eigenvalue weighted by atomic mass is 10.0. The molecule has 1 saturated carbocycles. The number of rotatable bonds is 7. The van der Waals surface area contributed by atoms with Crippen LogP contribution in [0.5, 0.6) is 0 Å². The van der Waals surface area contributed by atoms with E-state index in [1.807, 2.05) is 56.6 Å². The van der Waals surface area contributed by atoms with Gasteiger partial charge < -0.3 is 15.8 Å². The van der Waals surface area contributed by atoms with E-state index in [0.717, 1.165) is 34.1 Å². The summed E-state index contributed by atoms with van der Waals surface area (Å²) in [6, 6.07) is 14.8. The van der Waals surface area contributed by atoms with Crippen LogP contribution in [0.4, 0.5) is 11.6 Å². The van der Waals surface area contributed by atoms with Crippen molar-refractivity contribution in [2.75, 3.05) is 11.1 Å². The fraction of sp³-hybridized carbons (Fsp3) is 0.200. The van der Waals surface area contributed by atoms with Crippen molar-refractivity contribution in [3.63, 3.8) is 0 Å². The van der Waals surface area contributed by atoms with Gasteiger partial charge in [0, 0.05) is 42.5 Å². The van der Waals surface area contributed by atoms with Gasteiger partial charge in [-0.1, -0.05) is 30.3 Å². The second kappa shape index (κ2) is 10.2. The van der Waals surface area contributed by atoms with Gasteiger partial charge in [0.15, 0.2) is 0 Å². The largest absolute Gasteiger partial charge is 0.456 e. The minimum absolute atomic E-state index is 0.0715. The number of esters is 1. The number of aryl methyl sites for hydroxylation is 2. The van der Waals surface area contributed by atoms with Crippen molar-refractivity contribution < 1.29 is 14.3 Å². The lowest BCUT2D eigenvalue weighted by Crippen LogP contribution is -2.15. The van der Waals surface area contributed by atoms with E-state index in [2.05, 4.69) is 25.4 Å². The number of anilines is 2. The molecule has 4 heterocycles. The molecule has 0 spiro atoms. The van der Waals surface area contributed by atoms with Crippen LogP contribution in [0.3, 0.4) is 0 Å². The number of benzene rings is 1. The molecular weight excluding hydrogens is 506 g/mol. The SMILES string of the molecule is Cc1cc(C(=O)OCc2ccccc2)ncc1-c1cc2cc(NC(=O)[C@@H]3C[C@H]3c3cnn(C)c3)ncc2c(N)n1. The number of amides is 1. The van der Waals surface area contributed by atoms with Crippen LogP contribution in [-0.4, -0.2) is 36.6 Å². The minimum Gasteiger partial charge on any atom is -0.456 e. The molecule has 2 atom stereocenters. The highest BCUT2D eigenvalue weighted by Gasteiger charge is 2.44. The number of nitrogens with one attached hydrogen (secondary N) is 1. The molecule has 10 nitrogen and oxygen atoms in total. The number of aromatic nitrogens is 5. The molecule has 4 aromatic heterocycles. The van der Waals surface area contributed by atoms with Crippen LogP contribution < -0.4 is 11.1 Å². The Labute approximate surface area is 230 Å². The summed E-state index contributed by atoms with van der Waals surface area (Å²) in [6.07, 6.45) is 7.74. The Morgan fingerprint density at radius 3 is 2.67 bits per heavy atom. The number of carbonyl (C=O) groups excluding carboxylic acids is 2. The molecule has 1 amide bonds. The molecular formula is C30H27N7O3. The van der Waals surface area contributed by atoms with Crippen molar-refractivity contribution in [2.24, 2.45) is 13.0 Å². The number of fused-ring (bicyclic) bond motifs is 1. The Morgan fingerprint density at radius 2 is 1.93 bits per heavy atom. The Morgan fingerprint density at radius 1 is 1.10 bits per heavy atom. The van der Waals surface area contributed by atoms with E-state index >= 15 is 0 Å². The molecule has 0 bridgehead atoms. The van der Waals surface area contributed by atoms with E-state index in [1.165, 1.54) is 0 Å². The first-order valence-electron chi connectivity index (χ1n) is 12.9. The summed E-state index contributed by atoms with van der Waals surface area (Å²) >= 11 is 0. The van der Waals surface area contributed by atoms with Crippen LogP contribution in [0.2, 0.25) is 0 Å². The number of hydrogen-bond acceptors (Lipinski definition) is 8. The first kappa shape index (κ1) is 25.2. The molecule has 1 aromatic carbocycles. The zero-order valence-corrected chi connectivity index (χ0v) is 22.0. The van der Waals surface area contributed by atoms with E-state index in [4.69, 9.17) is 10.5 Å². The van der Waals surface area contributed by atoms with Crippen molar-refractivity contribution in [3.05, 3.63) is 95.7 Å². The smallest absolute Gasteiger partial charge is 0.357 e. The first-order valence-corrected chi connectivity index (χ1v) is 12.9. The van der Waals surface area contributed by atoms with Crippen LogP contribution in [0.1, 0.15) is 39.5 Å². The number of nitrogens with two attached hydrogens (primary N) is 1. The van der Waals surface area contributed by atoms with Gasteiger partial charge in [0.05, 0.1) is 11.9 Å². The lowest BCUT2D eigenvalue weighted by molar-refractivity contribution is -0.117. The molecule has 1 fully saturated rings. The fourth-order valence-electron chi connectivity index (χ4n) is 4.82. The van der Waals surface area contributed by atoms with Crippen LogP contribution in [0.15, 0.2) is 73.3 Å². The Kier molecular flexibility index (Phi) is 6.43. The van der Waals surface area contributed by atoms with Gasteiger partial charge in [-0.05, 0) is 59.5 Å². The van der Waals surface area contributed by atoms with Crippen LogP contribution in [0, 0.1) is 12.8 Å². The monoisotopic (exact) mass is 533 g/mol. The minimum atomic E-state index is -0.502. The maximum Gasteiger partial charge on any atom is 0.357 e. The molecule has 0 unspecified atom stereocenters. The first-order chi connectivity index (χ1) is 19.4. The molecule has 0 aliphatic heterocycles. The van der Waals surface area contributed by atoms with Gasteiger partial charge in [0.1, 0.15) is 23.9 Å². The molecule has 0 saturated heterocycles. The molecule has 1 aliphatic carbocycles. The van der Waals surface area contributed by atoms with Gasteiger partial charge in [-0.3, -0.25) is 9.48 Å². The van der Waals surface area contributed by atoms with Gasteiger partial charge in [-0.25, -0.2) is 19.7 Å². The summed E-state index contributed by atoms with van der Waals surface area (Å²) in [6.45, 7) is 2.04. The number of pyridine rings is 3. The summed E-state index contributed by atoms with van der Waals surface area (Å²) in [5.41, 5.74) is 10.6. The van der Waals surface area contributed by atoms with E-state index in [0.29, 0.717) is 22.7 Å². The van der Waals surface area contributed by atoms with Gasteiger partial charge in [-0.15, -0.1) is 0 Å². The lowest BCUT2D eigenvalue weighted by Gasteiger charge is -2.11. The summed E-state index contributed by atoms with van der Waals surface area (Å²) in [5.74, 6) is 0.246. The molecule has 10 heteroatoms. The maximum atomic E-state index is 12.9. The number of carbonyl (C=O) groups is 2. The average Bonchev–Trinajstić information content (AvgIpc) is 3.64. The summed E-state index contributed by atoms with van der Waals surface area (Å²) in [7, 11) is 1.86. The third-order valence-corrected chi connectivity index (χ3v) is 7.09. The standard InChI is InChI=1S/C30H27N7O3/c1-17-8-26(30(39)40-16-18-6-4-3-5-7-18)32-13-23(17)25-9-19-10-27(33-14-24(19)28(31)35-25)36-29(38)22-11-21(22)20-12-34-37(2)15-20/h3-10,12-15,21-22H,11,16H2,1-2H3,(H2,31,35)(H,33,36,38)/t21-,22+/m0/s1. The number of nitrogen functional groups attached to an aromatic ring is 1. The maximum absolute atomic E-state index is 12.9.